The number of nitrogens with one attached hydrogen (secondary N) is 1. The van der Waals surface area contributed by atoms with Gasteiger partial charge in [-0.25, -0.2) is 0 Å². The van der Waals surface area contributed by atoms with Gasteiger partial charge in [0.15, 0.2) is 0 Å². The largest absolute Gasteiger partial charge is 0.496 e. The standard InChI is InChI=1S/C20H26N2O3/c1-22-10-9-20(14-4-3-13(12-23)17(11-14)25-2)8-7-16-15(19(20)22)5-6-18(24)21-16/h3-4,11,19,23H,5-10,12H2,1-2H3,(H,21,24). The number of allylic oxidation sites excluding steroid dienone is 1. The van der Waals surface area contributed by atoms with Gasteiger partial charge in [-0.3, -0.25) is 9.69 Å². The van der Waals surface area contributed by atoms with E-state index < -0.39 is 0 Å². The van der Waals surface area contributed by atoms with Gasteiger partial charge in [0.2, 0.25) is 5.91 Å². The zero-order valence-electron chi connectivity index (χ0n) is 15.0. The highest BCUT2D eigenvalue weighted by molar-refractivity contribution is 5.80. The zero-order valence-corrected chi connectivity index (χ0v) is 15.0. The Morgan fingerprint density at radius 2 is 2.16 bits per heavy atom. The Morgan fingerprint density at radius 1 is 1.32 bits per heavy atom. The number of ether oxygens (including phenoxy) is 1. The van der Waals surface area contributed by atoms with E-state index >= 15 is 0 Å². The Morgan fingerprint density at radius 3 is 2.92 bits per heavy atom. The van der Waals surface area contributed by atoms with Crippen LogP contribution in [-0.4, -0.2) is 42.7 Å². The fraction of sp³-hybridized carbons (Fsp3) is 0.550. The summed E-state index contributed by atoms with van der Waals surface area (Å²) in [6.07, 6.45) is 4.52. The van der Waals surface area contributed by atoms with Gasteiger partial charge in [0, 0.05) is 29.1 Å². The minimum absolute atomic E-state index is 0.0128. The third-order valence-corrected chi connectivity index (χ3v) is 6.36. The molecular formula is C20H26N2O3. The van der Waals surface area contributed by atoms with Crippen LogP contribution in [0, 0.1) is 0 Å². The van der Waals surface area contributed by atoms with Crippen LogP contribution >= 0.6 is 0 Å². The lowest BCUT2D eigenvalue weighted by atomic mass is 9.64. The fourth-order valence-electron chi connectivity index (χ4n) is 5.14. The minimum atomic E-state index is -0.0128. The van der Waals surface area contributed by atoms with Crippen molar-refractivity contribution in [3.05, 3.63) is 40.6 Å². The Hall–Kier alpha value is -1.85. The number of nitrogens with zero attached hydrogens (tertiary/aromatic N) is 1. The number of fused-ring (bicyclic) bond motifs is 2. The first-order valence-corrected chi connectivity index (χ1v) is 9.09. The van der Waals surface area contributed by atoms with Crippen molar-refractivity contribution in [3.8, 4) is 5.75 Å². The number of benzene rings is 1. The van der Waals surface area contributed by atoms with E-state index in [-0.39, 0.29) is 17.9 Å². The number of carbonyl (C=O) groups excluding carboxylic acids is 1. The smallest absolute Gasteiger partial charge is 0.224 e. The van der Waals surface area contributed by atoms with Crippen LogP contribution in [0.4, 0.5) is 0 Å². The Bertz CT molecular complexity index is 742. The van der Waals surface area contributed by atoms with Crippen molar-refractivity contribution >= 4 is 5.91 Å². The predicted molar refractivity (Wildman–Crippen MR) is 95.3 cm³/mol. The number of methoxy groups -OCH3 is 1. The van der Waals surface area contributed by atoms with Crippen LogP contribution in [0.5, 0.6) is 5.75 Å². The summed E-state index contributed by atoms with van der Waals surface area (Å²) in [5.74, 6) is 0.917. The second-order valence-corrected chi connectivity index (χ2v) is 7.53. The van der Waals surface area contributed by atoms with E-state index in [2.05, 4.69) is 29.4 Å². The van der Waals surface area contributed by atoms with Crippen LogP contribution in [0.2, 0.25) is 0 Å². The first-order valence-electron chi connectivity index (χ1n) is 9.09. The van der Waals surface area contributed by atoms with E-state index in [0.717, 1.165) is 49.2 Å². The van der Waals surface area contributed by atoms with Gasteiger partial charge in [-0.2, -0.15) is 0 Å². The van der Waals surface area contributed by atoms with Crippen LogP contribution in [0.15, 0.2) is 29.5 Å². The summed E-state index contributed by atoms with van der Waals surface area (Å²) in [5, 5.41) is 12.6. The van der Waals surface area contributed by atoms with Crippen molar-refractivity contribution in [3.63, 3.8) is 0 Å². The molecule has 2 unspecified atom stereocenters. The maximum Gasteiger partial charge on any atom is 0.224 e. The van der Waals surface area contributed by atoms with Gasteiger partial charge >= 0.3 is 0 Å². The van der Waals surface area contributed by atoms with Gasteiger partial charge in [0.25, 0.3) is 0 Å². The highest BCUT2D eigenvalue weighted by Gasteiger charge is 2.52. The third-order valence-electron chi connectivity index (χ3n) is 6.36. The molecule has 2 aliphatic heterocycles. The maximum absolute atomic E-state index is 11.8. The monoisotopic (exact) mass is 342 g/mol. The molecule has 0 spiro atoms. The fourth-order valence-corrected chi connectivity index (χ4v) is 5.14. The first-order chi connectivity index (χ1) is 12.1. The summed E-state index contributed by atoms with van der Waals surface area (Å²) in [7, 11) is 3.85. The van der Waals surface area contributed by atoms with Crippen LogP contribution in [0.1, 0.15) is 43.2 Å². The number of hydrogen-bond donors (Lipinski definition) is 2. The Labute approximate surface area is 148 Å². The molecule has 134 valence electrons. The molecule has 0 bridgehead atoms. The Balaban J connectivity index is 1.80. The average Bonchev–Trinajstić information content (AvgIpc) is 2.99. The molecule has 5 nitrogen and oxygen atoms in total. The molecule has 1 saturated heterocycles. The molecule has 1 amide bonds. The molecule has 4 rings (SSSR count). The molecule has 2 atom stereocenters. The van der Waals surface area contributed by atoms with E-state index in [9.17, 15) is 9.90 Å². The maximum atomic E-state index is 11.8. The van der Waals surface area contributed by atoms with E-state index in [4.69, 9.17) is 4.74 Å². The van der Waals surface area contributed by atoms with Gasteiger partial charge in [-0.05, 0) is 56.5 Å². The molecule has 2 heterocycles. The first kappa shape index (κ1) is 16.6. The van der Waals surface area contributed by atoms with E-state index in [1.807, 2.05) is 6.07 Å². The number of carbonyl (C=O) groups is 1. The number of amides is 1. The summed E-state index contributed by atoms with van der Waals surface area (Å²) < 4.78 is 5.52. The minimum Gasteiger partial charge on any atom is -0.496 e. The molecule has 0 aromatic heterocycles. The van der Waals surface area contributed by atoms with Gasteiger partial charge in [-0.1, -0.05) is 12.1 Å². The van der Waals surface area contributed by atoms with Crippen LogP contribution in [-0.2, 0) is 16.8 Å². The molecule has 1 aromatic carbocycles. The van der Waals surface area contributed by atoms with E-state index in [1.165, 1.54) is 11.1 Å². The highest BCUT2D eigenvalue weighted by atomic mass is 16.5. The average molecular weight is 342 g/mol. The molecule has 3 aliphatic rings. The number of hydrogen-bond acceptors (Lipinski definition) is 4. The molecule has 25 heavy (non-hydrogen) atoms. The number of likely N-dealkylation sites (tertiary alicyclic amines) is 1. The second kappa shape index (κ2) is 6.15. The number of aliphatic hydroxyl groups is 1. The summed E-state index contributed by atoms with van der Waals surface area (Å²) in [5.41, 5.74) is 4.75. The molecule has 1 aliphatic carbocycles. The van der Waals surface area contributed by atoms with Crippen molar-refractivity contribution in [1.29, 1.82) is 0 Å². The predicted octanol–water partition coefficient (Wildman–Crippen LogP) is 2.09. The van der Waals surface area contributed by atoms with Crippen LogP contribution in [0.25, 0.3) is 0 Å². The van der Waals surface area contributed by atoms with E-state index in [1.54, 1.807) is 7.11 Å². The summed E-state index contributed by atoms with van der Waals surface area (Å²) in [4.78, 5) is 14.2. The second-order valence-electron chi connectivity index (χ2n) is 7.53. The molecule has 0 saturated carbocycles. The van der Waals surface area contributed by atoms with Crippen LogP contribution < -0.4 is 10.1 Å². The molecule has 1 fully saturated rings. The van der Waals surface area contributed by atoms with Gasteiger partial charge < -0.3 is 15.2 Å². The SMILES string of the molecule is COc1cc(C23CCC4=C(CCC(=O)N4)C2N(C)CC3)ccc1CO. The van der Waals surface area contributed by atoms with Crippen molar-refractivity contribution in [1.82, 2.24) is 10.2 Å². The van der Waals surface area contributed by atoms with Crippen LogP contribution in [0.3, 0.4) is 0 Å². The van der Waals surface area contributed by atoms with Crippen molar-refractivity contribution in [2.45, 2.75) is 50.2 Å². The van der Waals surface area contributed by atoms with Gasteiger partial charge in [0.05, 0.1) is 13.7 Å². The lowest BCUT2D eigenvalue weighted by Crippen LogP contribution is -2.49. The molecule has 5 heteroatoms. The van der Waals surface area contributed by atoms with Crippen molar-refractivity contribution in [2.24, 2.45) is 0 Å². The number of rotatable bonds is 3. The van der Waals surface area contributed by atoms with E-state index in [0.29, 0.717) is 12.5 Å². The summed E-state index contributed by atoms with van der Waals surface area (Å²) in [6.45, 7) is 1.04. The number of aliphatic hydroxyl groups excluding tert-OH is 1. The topological polar surface area (TPSA) is 61.8 Å². The third kappa shape index (κ3) is 2.49. The zero-order chi connectivity index (χ0) is 17.6. The van der Waals surface area contributed by atoms with Crippen molar-refractivity contribution < 1.29 is 14.6 Å². The lowest BCUT2D eigenvalue weighted by Gasteiger charge is -2.45. The lowest BCUT2D eigenvalue weighted by molar-refractivity contribution is -0.121. The normalized spacial score (nSPS) is 29.2. The molecule has 1 aromatic rings. The van der Waals surface area contributed by atoms with Gasteiger partial charge in [0.1, 0.15) is 5.75 Å². The molecule has 0 radical (unpaired) electrons. The molecule has 2 N–H and O–H groups in total. The summed E-state index contributed by atoms with van der Waals surface area (Å²) in [6, 6.07) is 6.60. The quantitative estimate of drug-likeness (QED) is 0.883. The highest BCUT2D eigenvalue weighted by Crippen LogP contribution is 2.52. The van der Waals surface area contributed by atoms with Crippen molar-refractivity contribution in [2.75, 3.05) is 20.7 Å². The number of likely N-dealkylation sites (N-methyl/N-ethyl adjacent to an activating group) is 1. The summed E-state index contributed by atoms with van der Waals surface area (Å²) >= 11 is 0. The molecular weight excluding hydrogens is 316 g/mol. The Kier molecular flexibility index (Phi) is 4.08. The van der Waals surface area contributed by atoms with Gasteiger partial charge in [-0.15, -0.1) is 0 Å².